The first-order chi connectivity index (χ1) is 11.8. The van der Waals surface area contributed by atoms with Crippen LogP contribution in [0.4, 0.5) is 9.59 Å². The maximum Gasteiger partial charge on any atom is 0.510 e. The van der Waals surface area contributed by atoms with Gasteiger partial charge in [-0.1, -0.05) is 26.7 Å². The smallest absolute Gasteiger partial charge is 0.435 e. The molecule has 0 spiro atoms. The van der Waals surface area contributed by atoms with Crippen molar-refractivity contribution in [1.29, 1.82) is 0 Å². The molecule has 0 heterocycles. The van der Waals surface area contributed by atoms with Gasteiger partial charge < -0.3 is 18.9 Å². The molecule has 0 amide bonds. The van der Waals surface area contributed by atoms with E-state index >= 15 is 0 Å². The van der Waals surface area contributed by atoms with Gasteiger partial charge in [0.25, 0.3) is 0 Å². The maximum absolute atomic E-state index is 12.2. The number of carbonyl (C=O) groups excluding carboxylic acids is 2. The first-order valence-electron chi connectivity index (χ1n) is 8.16. The Labute approximate surface area is 147 Å². The lowest BCUT2D eigenvalue weighted by molar-refractivity contribution is -0.101. The van der Waals surface area contributed by atoms with Crippen LogP contribution in [-0.2, 0) is 32.6 Å². The van der Waals surface area contributed by atoms with Gasteiger partial charge in [-0.05, 0) is 13.8 Å². The maximum atomic E-state index is 12.2. The SMILES string of the molecule is CCCC(OC(=O)OCC)OP([NH])(=O)OC(CCC)OC(=O)OCC. The Hall–Kier alpha value is -1.35. The van der Waals surface area contributed by atoms with Crippen LogP contribution in [0.2, 0.25) is 0 Å². The fraction of sp³-hybridized carbons (Fsp3) is 0.857. The highest BCUT2D eigenvalue weighted by atomic mass is 31.2. The van der Waals surface area contributed by atoms with E-state index in [9.17, 15) is 14.2 Å². The van der Waals surface area contributed by atoms with Crippen molar-refractivity contribution in [1.82, 2.24) is 5.50 Å². The van der Waals surface area contributed by atoms with Crippen LogP contribution in [0, 0.1) is 0 Å². The highest BCUT2D eigenvalue weighted by Gasteiger charge is 2.32. The molecule has 0 aromatic heterocycles. The summed E-state index contributed by atoms with van der Waals surface area (Å²) >= 11 is 0. The second-order valence-electron chi connectivity index (χ2n) is 4.75. The second kappa shape index (κ2) is 12.9. The molecular weight excluding hydrogens is 357 g/mol. The monoisotopic (exact) mass is 384 g/mol. The van der Waals surface area contributed by atoms with Crippen molar-refractivity contribution in [2.75, 3.05) is 13.2 Å². The average molecular weight is 384 g/mol. The summed E-state index contributed by atoms with van der Waals surface area (Å²) in [6.45, 7) is 6.95. The molecule has 0 saturated carbocycles. The van der Waals surface area contributed by atoms with Crippen LogP contribution < -0.4 is 5.50 Å². The van der Waals surface area contributed by atoms with Gasteiger partial charge in [0, 0.05) is 12.8 Å². The minimum atomic E-state index is -4.43. The quantitative estimate of drug-likeness (QED) is 0.278. The van der Waals surface area contributed by atoms with Gasteiger partial charge in [-0.25, -0.2) is 14.2 Å². The van der Waals surface area contributed by atoms with E-state index < -0.39 is 32.6 Å². The molecule has 0 saturated heterocycles. The van der Waals surface area contributed by atoms with E-state index in [-0.39, 0.29) is 26.1 Å². The first kappa shape index (κ1) is 23.6. The molecule has 0 rings (SSSR count). The molecule has 0 aromatic carbocycles. The molecule has 0 aliphatic rings. The zero-order chi connectivity index (χ0) is 19.3. The summed E-state index contributed by atoms with van der Waals surface area (Å²) in [5.41, 5.74) is 7.68. The fourth-order valence-electron chi connectivity index (χ4n) is 1.59. The molecule has 0 aliphatic heterocycles. The van der Waals surface area contributed by atoms with E-state index in [4.69, 9.17) is 24.0 Å². The number of hydrogen-bond acceptors (Lipinski definition) is 9. The van der Waals surface area contributed by atoms with Crippen LogP contribution in [0.25, 0.3) is 0 Å². The van der Waals surface area contributed by atoms with Crippen LogP contribution in [0.5, 0.6) is 0 Å². The zero-order valence-electron chi connectivity index (χ0n) is 15.0. The van der Waals surface area contributed by atoms with E-state index in [0.29, 0.717) is 12.8 Å². The molecule has 0 fully saturated rings. The standard InChI is InChI=1S/C14H27NO9P/c1-5-9-11(21-13(16)19-7-3)23-25(15,18)24-12(10-6-2)22-14(17)20-8-4/h11-12,15H,5-10H2,1-4H3. The van der Waals surface area contributed by atoms with Gasteiger partial charge >= 0.3 is 20.1 Å². The molecule has 11 heteroatoms. The van der Waals surface area contributed by atoms with E-state index in [0.717, 1.165) is 0 Å². The van der Waals surface area contributed by atoms with Crippen molar-refractivity contribution >= 4 is 20.1 Å². The van der Waals surface area contributed by atoms with Gasteiger partial charge in [0.15, 0.2) is 0 Å². The highest BCUT2D eigenvalue weighted by molar-refractivity contribution is 7.50. The number of hydrogen-bond donors (Lipinski definition) is 0. The van der Waals surface area contributed by atoms with Gasteiger partial charge in [0.2, 0.25) is 12.6 Å². The Bertz CT molecular complexity index is 410. The number of nitrogens with one attached hydrogen (secondary N) is 1. The number of ether oxygens (including phenoxy) is 4. The van der Waals surface area contributed by atoms with Gasteiger partial charge in [-0.3, -0.25) is 9.05 Å². The molecule has 2 atom stereocenters. The van der Waals surface area contributed by atoms with Crippen molar-refractivity contribution in [3.05, 3.63) is 0 Å². The summed E-state index contributed by atoms with van der Waals surface area (Å²) in [4.78, 5) is 22.7. The zero-order valence-corrected chi connectivity index (χ0v) is 15.9. The normalized spacial score (nSPS) is 15.6. The van der Waals surface area contributed by atoms with Crippen molar-refractivity contribution in [3.63, 3.8) is 0 Å². The van der Waals surface area contributed by atoms with Crippen LogP contribution >= 0.6 is 7.75 Å². The largest absolute Gasteiger partial charge is 0.510 e. The lowest BCUT2D eigenvalue weighted by Crippen LogP contribution is -2.25. The topological polar surface area (TPSA) is 130 Å². The third kappa shape index (κ3) is 11.8. The van der Waals surface area contributed by atoms with Crippen LogP contribution in [0.1, 0.15) is 53.4 Å². The highest BCUT2D eigenvalue weighted by Crippen LogP contribution is 2.46. The van der Waals surface area contributed by atoms with Gasteiger partial charge in [-0.15, -0.1) is 5.50 Å². The van der Waals surface area contributed by atoms with Crippen molar-refractivity contribution in [3.8, 4) is 0 Å². The average Bonchev–Trinajstić information content (AvgIpc) is 2.46. The molecule has 2 unspecified atom stereocenters. The molecule has 0 aliphatic carbocycles. The van der Waals surface area contributed by atoms with Crippen molar-refractivity contribution in [2.45, 2.75) is 66.0 Å². The summed E-state index contributed by atoms with van der Waals surface area (Å²) in [6.07, 6.45) is -3.15. The molecule has 1 radical (unpaired) electrons. The lowest BCUT2D eigenvalue weighted by Gasteiger charge is -2.24. The minimum Gasteiger partial charge on any atom is -0.435 e. The predicted octanol–water partition coefficient (Wildman–Crippen LogP) is 4.01. The number of rotatable bonds is 12. The summed E-state index contributed by atoms with van der Waals surface area (Å²) in [5.74, 6) is 0. The van der Waals surface area contributed by atoms with Gasteiger partial charge in [0.05, 0.1) is 13.2 Å². The van der Waals surface area contributed by atoms with Crippen LogP contribution in [0.15, 0.2) is 0 Å². The Kier molecular flexibility index (Phi) is 12.2. The van der Waals surface area contributed by atoms with E-state index in [1.807, 2.05) is 0 Å². The Morgan fingerprint density at radius 2 is 1.20 bits per heavy atom. The molecule has 0 bridgehead atoms. The first-order valence-corrected chi connectivity index (χ1v) is 9.70. The summed E-state index contributed by atoms with van der Waals surface area (Å²) in [7, 11) is -4.43. The van der Waals surface area contributed by atoms with E-state index in [1.165, 1.54) is 0 Å². The van der Waals surface area contributed by atoms with E-state index in [2.05, 4.69) is 9.47 Å². The summed E-state index contributed by atoms with van der Waals surface area (Å²) in [5, 5.41) is 0. The fourth-order valence-corrected chi connectivity index (χ4v) is 2.56. The van der Waals surface area contributed by atoms with Crippen molar-refractivity contribution < 1.29 is 42.1 Å². The van der Waals surface area contributed by atoms with Crippen LogP contribution in [-0.4, -0.2) is 38.1 Å². The van der Waals surface area contributed by atoms with Crippen LogP contribution in [0.3, 0.4) is 0 Å². The van der Waals surface area contributed by atoms with E-state index in [1.54, 1.807) is 27.7 Å². The molecule has 25 heavy (non-hydrogen) atoms. The Balaban J connectivity index is 4.81. The number of carbonyl (C=O) groups is 2. The minimum absolute atomic E-state index is 0.0959. The van der Waals surface area contributed by atoms with Gasteiger partial charge in [0.1, 0.15) is 0 Å². The lowest BCUT2D eigenvalue weighted by atomic mass is 10.3. The summed E-state index contributed by atoms with van der Waals surface area (Å²) in [6, 6.07) is 0. The molecular formula is C14H27NO9P. The molecule has 1 N–H and O–H groups in total. The Morgan fingerprint density at radius 3 is 1.48 bits per heavy atom. The third-order valence-corrected chi connectivity index (χ3v) is 3.57. The molecule has 0 aromatic rings. The predicted molar refractivity (Wildman–Crippen MR) is 86.5 cm³/mol. The molecule has 10 nitrogen and oxygen atoms in total. The Morgan fingerprint density at radius 1 is 0.840 bits per heavy atom. The summed E-state index contributed by atoms with van der Waals surface area (Å²) < 4.78 is 41.0. The second-order valence-corrected chi connectivity index (χ2v) is 6.16. The third-order valence-electron chi connectivity index (χ3n) is 2.54. The van der Waals surface area contributed by atoms with Gasteiger partial charge in [-0.2, -0.15) is 0 Å². The molecule has 147 valence electrons. The van der Waals surface area contributed by atoms with Crippen molar-refractivity contribution in [2.24, 2.45) is 0 Å².